The molecule has 4 fully saturated rings. The van der Waals surface area contributed by atoms with Crippen molar-refractivity contribution in [1.29, 1.82) is 0 Å². The van der Waals surface area contributed by atoms with Crippen molar-refractivity contribution in [2.45, 2.75) is 141 Å². The van der Waals surface area contributed by atoms with E-state index >= 15 is 0 Å². The molecule has 4 saturated carbocycles. The van der Waals surface area contributed by atoms with Gasteiger partial charge in [-0.25, -0.2) is 0 Å². The zero-order valence-corrected chi connectivity index (χ0v) is 31.0. The van der Waals surface area contributed by atoms with Gasteiger partial charge in [-0.3, -0.25) is 0 Å². The van der Waals surface area contributed by atoms with E-state index in [9.17, 15) is 15.3 Å². The summed E-state index contributed by atoms with van der Waals surface area (Å²) >= 11 is 0. The second-order valence-corrected chi connectivity index (χ2v) is 17.6. The Morgan fingerprint density at radius 2 is 0.898 bits per heavy atom. The molecule has 0 aliphatic heterocycles. The zero-order valence-electron chi connectivity index (χ0n) is 31.0. The second-order valence-electron chi connectivity index (χ2n) is 17.6. The van der Waals surface area contributed by atoms with Crippen molar-refractivity contribution in [3.05, 3.63) is 88.0 Å². The van der Waals surface area contributed by atoms with Crippen molar-refractivity contribution in [3.63, 3.8) is 0 Å². The SMILES string of the molecule is CC(CC1CC([C@@H](C)c2cccc(C(C)CC3CC3[C@H](C)c3cccc(C(C)C4CC4)c3O)c2O)C1)c1cccc([C@@H](C)C2CCC2)c1O. The Hall–Kier alpha value is -2.94. The Kier molecular flexibility index (Phi) is 9.86. The molecule has 8 atom stereocenters. The van der Waals surface area contributed by atoms with Gasteiger partial charge in [0.25, 0.3) is 0 Å². The highest BCUT2D eigenvalue weighted by Gasteiger charge is 2.44. The van der Waals surface area contributed by atoms with Gasteiger partial charge in [0.1, 0.15) is 17.2 Å². The van der Waals surface area contributed by atoms with Crippen LogP contribution in [-0.2, 0) is 0 Å². The molecule has 4 aliphatic rings. The van der Waals surface area contributed by atoms with Gasteiger partial charge in [-0.15, -0.1) is 0 Å². The summed E-state index contributed by atoms with van der Waals surface area (Å²) in [6.45, 7) is 13.8. The molecule has 0 heterocycles. The number of para-hydroxylation sites is 3. The van der Waals surface area contributed by atoms with Crippen molar-refractivity contribution < 1.29 is 15.3 Å². The van der Waals surface area contributed by atoms with Crippen molar-refractivity contribution in [2.24, 2.45) is 35.5 Å². The van der Waals surface area contributed by atoms with Crippen LogP contribution >= 0.6 is 0 Å². The summed E-state index contributed by atoms with van der Waals surface area (Å²) in [6, 6.07) is 19.3. The topological polar surface area (TPSA) is 60.7 Å². The maximum absolute atomic E-state index is 11.6. The number of phenols is 3. The van der Waals surface area contributed by atoms with Crippen LogP contribution in [-0.4, -0.2) is 15.3 Å². The lowest BCUT2D eigenvalue weighted by atomic mass is 9.64. The molecule has 3 aromatic rings. The van der Waals surface area contributed by atoms with Gasteiger partial charge < -0.3 is 15.3 Å². The van der Waals surface area contributed by atoms with Crippen molar-refractivity contribution in [2.75, 3.05) is 0 Å². The average Bonchev–Trinajstić information content (AvgIpc) is 3.97. The fraction of sp³-hybridized carbons (Fsp3) is 0.609. The molecule has 3 aromatic carbocycles. The number of benzene rings is 3. The lowest BCUT2D eigenvalue weighted by Crippen LogP contribution is -2.29. The standard InChI is InChI=1S/C46H62O3/c1-26(37-13-8-15-39(44(37)47)28(3)33-11-7-12-33)21-32-23-35(24-32)30(5)41-16-9-14-38(45(41)48)27(2)22-36-25-43(36)31(6)42-18-10-17-40(46(42)49)29(4)34-19-20-34/h8-10,13-18,26-36,43,47-49H,7,11-12,19-25H2,1-6H3/t26?,27?,28-,29?,30+,31+,32?,35?,36?,43?/m0/s1. The minimum absolute atomic E-state index is 0.301. The van der Waals surface area contributed by atoms with Gasteiger partial charge in [-0.05, 0) is 162 Å². The van der Waals surface area contributed by atoms with Gasteiger partial charge in [0, 0.05) is 0 Å². The molecule has 0 bridgehead atoms. The second kappa shape index (κ2) is 14.0. The molecule has 0 radical (unpaired) electrons. The Balaban J connectivity index is 0.931. The van der Waals surface area contributed by atoms with Gasteiger partial charge in [0.15, 0.2) is 0 Å². The van der Waals surface area contributed by atoms with E-state index in [0.29, 0.717) is 76.4 Å². The van der Waals surface area contributed by atoms with Crippen LogP contribution in [0.3, 0.4) is 0 Å². The number of hydrogen-bond donors (Lipinski definition) is 3. The van der Waals surface area contributed by atoms with E-state index in [1.54, 1.807) is 0 Å². The number of rotatable bonds is 14. The summed E-state index contributed by atoms with van der Waals surface area (Å²) in [5.41, 5.74) is 6.75. The van der Waals surface area contributed by atoms with Crippen LogP contribution in [0.5, 0.6) is 17.2 Å². The number of phenolic OH excluding ortho intramolecular Hbond substituents is 3. The smallest absolute Gasteiger partial charge is 0.122 e. The summed E-state index contributed by atoms with van der Waals surface area (Å²) in [7, 11) is 0. The van der Waals surface area contributed by atoms with Gasteiger partial charge >= 0.3 is 0 Å². The number of aromatic hydroxyl groups is 3. The Morgan fingerprint density at radius 3 is 1.37 bits per heavy atom. The maximum Gasteiger partial charge on any atom is 0.122 e. The molecule has 4 aliphatic carbocycles. The minimum atomic E-state index is 0.301. The first kappa shape index (κ1) is 34.5. The Labute approximate surface area is 296 Å². The quantitative estimate of drug-likeness (QED) is 0.161. The summed E-state index contributed by atoms with van der Waals surface area (Å²) in [5, 5.41) is 34.1. The molecule has 7 rings (SSSR count). The Bertz CT molecular complexity index is 1610. The molecular weight excluding hydrogens is 601 g/mol. The van der Waals surface area contributed by atoms with Crippen LogP contribution in [0.1, 0.15) is 175 Å². The first-order chi connectivity index (χ1) is 23.5. The number of hydrogen-bond acceptors (Lipinski definition) is 3. The van der Waals surface area contributed by atoms with E-state index in [0.717, 1.165) is 58.1 Å². The lowest BCUT2D eigenvalue weighted by Gasteiger charge is -2.41. The predicted octanol–water partition coefficient (Wildman–Crippen LogP) is 12.5. The van der Waals surface area contributed by atoms with E-state index in [1.807, 2.05) is 0 Å². The van der Waals surface area contributed by atoms with Crippen LogP contribution in [0.15, 0.2) is 54.6 Å². The highest BCUT2D eigenvalue weighted by molar-refractivity contribution is 5.47. The molecule has 0 aromatic heterocycles. The molecule has 0 saturated heterocycles. The molecule has 49 heavy (non-hydrogen) atoms. The van der Waals surface area contributed by atoms with E-state index < -0.39 is 0 Å². The van der Waals surface area contributed by atoms with Crippen LogP contribution in [0, 0.1) is 35.5 Å². The summed E-state index contributed by atoms with van der Waals surface area (Å²) < 4.78 is 0. The third-order valence-corrected chi connectivity index (χ3v) is 14.4. The van der Waals surface area contributed by atoms with Crippen LogP contribution < -0.4 is 0 Å². The van der Waals surface area contributed by atoms with Gasteiger partial charge in [-0.2, -0.15) is 0 Å². The molecule has 3 N–H and O–H groups in total. The molecule has 0 spiro atoms. The first-order valence-corrected chi connectivity index (χ1v) is 20.0. The van der Waals surface area contributed by atoms with Crippen molar-refractivity contribution >= 4 is 0 Å². The lowest BCUT2D eigenvalue weighted by molar-refractivity contribution is 0.148. The molecule has 5 unspecified atom stereocenters. The minimum Gasteiger partial charge on any atom is -0.507 e. The summed E-state index contributed by atoms with van der Waals surface area (Å²) in [6.07, 6.45) is 12.3. The van der Waals surface area contributed by atoms with Crippen molar-refractivity contribution in [1.82, 2.24) is 0 Å². The first-order valence-electron chi connectivity index (χ1n) is 20.0. The fourth-order valence-corrected chi connectivity index (χ4v) is 10.3. The summed E-state index contributed by atoms with van der Waals surface area (Å²) in [5.74, 6) is 7.76. The van der Waals surface area contributed by atoms with Crippen molar-refractivity contribution in [3.8, 4) is 17.2 Å². The van der Waals surface area contributed by atoms with Crippen LogP contribution in [0.25, 0.3) is 0 Å². The van der Waals surface area contributed by atoms with E-state index in [4.69, 9.17) is 0 Å². The predicted molar refractivity (Wildman–Crippen MR) is 202 cm³/mol. The van der Waals surface area contributed by atoms with Gasteiger partial charge in [0.05, 0.1) is 0 Å². The molecular formula is C46H62O3. The fourth-order valence-electron chi connectivity index (χ4n) is 10.3. The van der Waals surface area contributed by atoms with Crippen LogP contribution in [0.4, 0.5) is 0 Å². The van der Waals surface area contributed by atoms with Gasteiger partial charge in [0.2, 0.25) is 0 Å². The normalized spacial score (nSPS) is 27.3. The Morgan fingerprint density at radius 1 is 0.490 bits per heavy atom. The van der Waals surface area contributed by atoms with Crippen LogP contribution in [0.2, 0.25) is 0 Å². The van der Waals surface area contributed by atoms with E-state index in [1.165, 1.54) is 51.4 Å². The van der Waals surface area contributed by atoms with E-state index in [2.05, 4.69) is 96.1 Å². The third kappa shape index (κ3) is 6.90. The van der Waals surface area contributed by atoms with E-state index in [-0.39, 0.29) is 0 Å². The molecule has 0 amide bonds. The maximum atomic E-state index is 11.6. The largest absolute Gasteiger partial charge is 0.507 e. The van der Waals surface area contributed by atoms with Gasteiger partial charge in [-0.1, -0.05) is 103 Å². The zero-order chi connectivity index (χ0) is 34.6. The molecule has 3 heteroatoms. The average molecular weight is 663 g/mol. The highest BCUT2D eigenvalue weighted by Crippen LogP contribution is 2.56. The highest BCUT2D eigenvalue weighted by atomic mass is 16.3. The monoisotopic (exact) mass is 662 g/mol. The molecule has 3 nitrogen and oxygen atoms in total. The third-order valence-electron chi connectivity index (χ3n) is 14.4. The molecule has 264 valence electrons. The summed E-state index contributed by atoms with van der Waals surface area (Å²) in [4.78, 5) is 0.